The summed E-state index contributed by atoms with van der Waals surface area (Å²) in [5.41, 5.74) is 2.93. The Kier molecular flexibility index (Phi) is 4.03. The molecular weight excluding hydrogens is 332 g/mol. The first kappa shape index (κ1) is 15.5. The van der Waals surface area contributed by atoms with Crippen LogP contribution in [0.15, 0.2) is 54.6 Å². The molecule has 0 saturated carbocycles. The lowest BCUT2D eigenvalue weighted by molar-refractivity contribution is -0.116. The van der Waals surface area contributed by atoms with E-state index in [1.165, 1.54) is 6.08 Å². The summed E-state index contributed by atoms with van der Waals surface area (Å²) in [7, 11) is 1.95. The molecule has 1 amide bonds. The summed E-state index contributed by atoms with van der Waals surface area (Å²) in [5, 5.41) is 3.69. The number of nitrogens with one attached hydrogen (secondary N) is 1. The number of fused-ring (bicyclic) bond motifs is 2. The Morgan fingerprint density at radius 1 is 1.12 bits per heavy atom. The predicted octanol–water partition coefficient (Wildman–Crippen LogP) is 3.51. The average molecular weight is 348 g/mol. The van der Waals surface area contributed by atoms with Gasteiger partial charge in [0.25, 0.3) is 0 Å². The Hall–Kier alpha value is -2.99. The molecule has 1 N–H and O–H groups in total. The van der Waals surface area contributed by atoms with Gasteiger partial charge in [-0.2, -0.15) is 0 Å². The number of aryl methyl sites for hydroxylation is 1. The summed E-state index contributed by atoms with van der Waals surface area (Å²) in [6, 6.07) is 15.8. The van der Waals surface area contributed by atoms with Gasteiger partial charge in [0.2, 0.25) is 5.91 Å². The summed E-state index contributed by atoms with van der Waals surface area (Å²) in [6.07, 6.45) is 3.26. The fourth-order valence-electron chi connectivity index (χ4n) is 2.69. The van der Waals surface area contributed by atoms with Gasteiger partial charge < -0.3 is 9.88 Å². The average Bonchev–Trinajstić information content (AvgIpc) is 3.19. The van der Waals surface area contributed by atoms with Crippen molar-refractivity contribution < 1.29 is 4.79 Å². The largest absolute Gasteiger partial charge is 0.345 e. The van der Waals surface area contributed by atoms with Crippen LogP contribution < -0.4 is 5.32 Å². The fraction of sp³-hybridized carbons (Fsp3) is 0.105. The molecule has 2 heterocycles. The standard InChI is InChI=1S/C19H16N4OS/c1-23-15-8-4-2-6-13(15)21-17(23)12-20-18(24)10-11-19-22-14-7-3-5-9-16(14)25-19/h2-11H,12H2,1H3,(H,20,24)/b11-10+. The summed E-state index contributed by atoms with van der Waals surface area (Å²) in [4.78, 5) is 21.1. The van der Waals surface area contributed by atoms with Crippen LogP contribution in [0.4, 0.5) is 0 Å². The number of carbonyl (C=O) groups is 1. The second-order valence-electron chi connectivity index (χ2n) is 5.65. The molecule has 0 atom stereocenters. The van der Waals surface area contributed by atoms with Crippen molar-refractivity contribution in [2.45, 2.75) is 6.54 Å². The first-order valence-electron chi connectivity index (χ1n) is 7.92. The maximum atomic E-state index is 12.1. The highest BCUT2D eigenvalue weighted by molar-refractivity contribution is 7.19. The number of nitrogens with zero attached hydrogens (tertiary/aromatic N) is 3. The highest BCUT2D eigenvalue weighted by Crippen LogP contribution is 2.22. The zero-order chi connectivity index (χ0) is 17.2. The van der Waals surface area contributed by atoms with Gasteiger partial charge in [-0.15, -0.1) is 11.3 Å². The lowest BCUT2D eigenvalue weighted by Crippen LogP contribution is -2.22. The molecule has 0 unspecified atom stereocenters. The number of amides is 1. The summed E-state index contributed by atoms with van der Waals surface area (Å²) >= 11 is 1.56. The van der Waals surface area contributed by atoms with Crippen molar-refractivity contribution in [3.63, 3.8) is 0 Å². The van der Waals surface area contributed by atoms with E-state index >= 15 is 0 Å². The number of rotatable bonds is 4. The van der Waals surface area contributed by atoms with Crippen LogP contribution in [0.5, 0.6) is 0 Å². The van der Waals surface area contributed by atoms with Gasteiger partial charge in [0.15, 0.2) is 0 Å². The maximum absolute atomic E-state index is 12.1. The molecule has 0 spiro atoms. The van der Waals surface area contributed by atoms with Crippen LogP contribution >= 0.6 is 11.3 Å². The quantitative estimate of drug-likeness (QED) is 0.574. The van der Waals surface area contributed by atoms with Gasteiger partial charge in [-0.3, -0.25) is 4.79 Å². The Labute approximate surface area is 148 Å². The zero-order valence-corrected chi connectivity index (χ0v) is 14.5. The van der Waals surface area contributed by atoms with Crippen molar-refractivity contribution in [1.82, 2.24) is 19.9 Å². The van der Waals surface area contributed by atoms with E-state index in [2.05, 4.69) is 15.3 Å². The van der Waals surface area contributed by atoms with Crippen molar-refractivity contribution in [3.05, 3.63) is 65.4 Å². The van der Waals surface area contributed by atoms with Crippen LogP contribution in [0.1, 0.15) is 10.8 Å². The van der Waals surface area contributed by atoms with Crippen molar-refractivity contribution in [3.8, 4) is 0 Å². The summed E-state index contributed by atoms with van der Waals surface area (Å²) in [6.45, 7) is 0.383. The summed E-state index contributed by atoms with van der Waals surface area (Å²) < 4.78 is 3.11. The van der Waals surface area contributed by atoms with Crippen molar-refractivity contribution in [2.24, 2.45) is 7.05 Å². The van der Waals surface area contributed by atoms with E-state index in [9.17, 15) is 4.79 Å². The molecular formula is C19H16N4OS. The van der Waals surface area contributed by atoms with E-state index in [0.29, 0.717) is 6.54 Å². The number of imidazole rings is 1. The van der Waals surface area contributed by atoms with Gasteiger partial charge in [0.1, 0.15) is 10.8 Å². The lowest BCUT2D eigenvalue weighted by Gasteiger charge is -2.02. The molecule has 6 heteroatoms. The zero-order valence-electron chi connectivity index (χ0n) is 13.6. The highest BCUT2D eigenvalue weighted by Gasteiger charge is 2.07. The molecule has 5 nitrogen and oxygen atoms in total. The molecule has 0 saturated heterocycles. The van der Waals surface area contributed by atoms with E-state index in [0.717, 1.165) is 32.1 Å². The molecule has 0 radical (unpaired) electrons. The molecule has 124 valence electrons. The van der Waals surface area contributed by atoms with Crippen molar-refractivity contribution in [2.75, 3.05) is 0 Å². The first-order valence-corrected chi connectivity index (χ1v) is 8.74. The van der Waals surface area contributed by atoms with E-state index in [1.807, 2.05) is 60.1 Å². The molecule has 25 heavy (non-hydrogen) atoms. The number of thiazole rings is 1. The third-order valence-corrected chi connectivity index (χ3v) is 4.99. The van der Waals surface area contributed by atoms with Gasteiger partial charge in [0.05, 0.1) is 27.8 Å². The van der Waals surface area contributed by atoms with Gasteiger partial charge in [0, 0.05) is 13.1 Å². The summed E-state index contributed by atoms with van der Waals surface area (Å²) in [5.74, 6) is 0.661. The van der Waals surface area contributed by atoms with Crippen LogP contribution in [0.3, 0.4) is 0 Å². The molecule has 0 aliphatic heterocycles. The van der Waals surface area contributed by atoms with E-state index in [4.69, 9.17) is 0 Å². The van der Waals surface area contributed by atoms with Crippen molar-refractivity contribution in [1.29, 1.82) is 0 Å². The Bertz CT molecular complexity index is 1060. The fourth-order valence-corrected chi connectivity index (χ4v) is 3.56. The van der Waals surface area contributed by atoms with Gasteiger partial charge in [-0.25, -0.2) is 9.97 Å². The maximum Gasteiger partial charge on any atom is 0.244 e. The minimum Gasteiger partial charge on any atom is -0.345 e. The first-order chi connectivity index (χ1) is 12.2. The minimum absolute atomic E-state index is 0.161. The van der Waals surface area contributed by atoms with Crippen LogP contribution in [0, 0.1) is 0 Å². The molecule has 4 aromatic rings. The second-order valence-corrected chi connectivity index (χ2v) is 6.71. The third-order valence-electron chi connectivity index (χ3n) is 3.99. The third kappa shape index (κ3) is 3.16. The van der Waals surface area contributed by atoms with E-state index < -0.39 is 0 Å². The number of para-hydroxylation sites is 3. The van der Waals surface area contributed by atoms with Crippen LogP contribution in [0.2, 0.25) is 0 Å². The minimum atomic E-state index is -0.161. The smallest absolute Gasteiger partial charge is 0.244 e. The molecule has 0 fully saturated rings. The van der Waals surface area contributed by atoms with Gasteiger partial charge in [-0.05, 0) is 30.3 Å². The van der Waals surface area contributed by atoms with Crippen LogP contribution in [-0.4, -0.2) is 20.4 Å². The highest BCUT2D eigenvalue weighted by atomic mass is 32.1. The van der Waals surface area contributed by atoms with Crippen LogP contribution in [0.25, 0.3) is 27.3 Å². The van der Waals surface area contributed by atoms with Gasteiger partial charge in [-0.1, -0.05) is 24.3 Å². The van der Waals surface area contributed by atoms with Gasteiger partial charge >= 0.3 is 0 Å². The topological polar surface area (TPSA) is 59.8 Å². The number of benzene rings is 2. The molecule has 2 aromatic heterocycles. The predicted molar refractivity (Wildman–Crippen MR) is 101 cm³/mol. The van der Waals surface area contributed by atoms with Crippen molar-refractivity contribution >= 4 is 44.6 Å². The molecule has 0 bridgehead atoms. The molecule has 4 rings (SSSR count). The Morgan fingerprint density at radius 3 is 2.68 bits per heavy atom. The second kappa shape index (κ2) is 6.49. The number of hydrogen-bond donors (Lipinski definition) is 1. The molecule has 0 aliphatic carbocycles. The monoisotopic (exact) mass is 348 g/mol. The Morgan fingerprint density at radius 2 is 1.88 bits per heavy atom. The lowest BCUT2D eigenvalue weighted by atomic mass is 10.3. The number of aromatic nitrogens is 3. The number of hydrogen-bond acceptors (Lipinski definition) is 4. The van der Waals surface area contributed by atoms with E-state index in [-0.39, 0.29) is 5.91 Å². The van der Waals surface area contributed by atoms with E-state index in [1.54, 1.807) is 17.4 Å². The molecule has 2 aromatic carbocycles. The van der Waals surface area contributed by atoms with Crippen LogP contribution in [-0.2, 0) is 18.4 Å². The Balaban J connectivity index is 1.43. The number of carbonyl (C=O) groups excluding carboxylic acids is 1. The molecule has 0 aliphatic rings. The normalized spacial score (nSPS) is 11.6. The SMILES string of the molecule is Cn1c(CNC(=O)/C=C/c2nc3ccccc3s2)nc2ccccc21.